The molecule has 0 radical (unpaired) electrons. The van der Waals surface area contributed by atoms with Crippen molar-refractivity contribution >= 4 is 23.3 Å². The highest BCUT2D eigenvalue weighted by Gasteiger charge is 2.24. The molecule has 0 saturated carbocycles. The van der Waals surface area contributed by atoms with E-state index in [9.17, 15) is 14.0 Å². The smallest absolute Gasteiger partial charge is 0.257 e. The largest absolute Gasteiger partial charge is 0.353 e. The number of nitrogens with one attached hydrogen (secondary N) is 2. The zero-order valence-electron chi connectivity index (χ0n) is 18.2. The van der Waals surface area contributed by atoms with Gasteiger partial charge in [-0.2, -0.15) is 0 Å². The van der Waals surface area contributed by atoms with Gasteiger partial charge in [-0.1, -0.05) is 13.3 Å². The predicted octanol–water partition coefficient (Wildman–Crippen LogP) is 3.14. The van der Waals surface area contributed by atoms with Crippen molar-refractivity contribution in [3.63, 3.8) is 0 Å². The quantitative estimate of drug-likeness (QED) is 0.677. The van der Waals surface area contributed by atoms with Gasteiger partial charge in [0.2, 0.25) is 0 Å². The van der Waals surface area contributed by atoms with Gasteiger partial charge in [0, 0.05) is 44.8 Å². The SMILES string of the molecule is CCCCN(CC)C(=O)c1cc(NC(=O)c2ccc(F)cc2)cnc1N1CCNCC1. The number of unbranched alkanes of at least 4 members (excludes halogenated alkanes) is 1. The van der Waals surface area contributed by atoms with Crippen molar-refractivity contribution in [1.29, 1.82) is 0 Å². The van der Waals surface area contributed by atoms with Gasteiger partial charge in [0.05, 0.1) is 17.4 Å². The van der Waals surface area contributed by atoms with E-state index >= 15 is 0 Å². The summed E-state index contributed by atoms with van der Waals surface area (Å²) < 4.78 is 13.1. The Morgan fingerprint density at radius 2 is 1.90 bits per heavy atom. The molecule has 1 saturated heterocycles. The van der Waals surface area contributed by atoms with Crippen molar-refractivity contribution in [2.45, 2.75) is 26.7 Å². The Labute approximate surface area is 182 Å². The average Bonchev–Trinajstić information content (AvgIpc) is 2.80. The highest BCUT2D eigenvalue weighted by Crippen LogP contribution is 2.24. The first-order valence-electron chi connectivity index (χ1n) is 10.8. The maximum Gasteiger partial charge on any atom is 0.257 e. The van der Waals surface area contributed by atoms with E-state index in [0.717, 1.165) is 39.0 Å². The monoisotopic (exact) mass is 427 g/mol. The van der Waals surface area contributed by atoms with Crippen LogP contribution in [-0.4, -0.2) is 61.0 Å². The summed E-state index contributed by atoms with van der Waals surface area (Å²) in [5, 5.41) is 6.08. The number of halogens is 1. The van der Waals surface area contributed by atoms with Crippen LogP contribution in [0.5, 0.6) is 0 Å². The molecule has 0 bridgehead atoms. The van der Waals surface area contributed by atoms with Gasteiger partial charge >= 0.3 is 0 Å². The van der Waals surface area contributed by atoms with E-state index in [1.165, 1.54) is 24.3 Å². The summed E-state index contributed by atoms with van der Waals surface area (Å²) in [6.07, 6.45) is 3.50. The molecule has 0 atom stereocenters. The zero-order valence-corrected chi connectivity index (χ0v) is 18.2. The number of benzene rings is 1. The van der Waals surface area contributed by atoms with E-state index in [4.69, 9.17) is 0 Å². The van der Waals surface area contributed by atoms with Crippen LogP contribution in [0.4, 0.5) is 15.9 Å². The lowest BCUT2D eigenvalue weighted by Crippen LogP contribution is -2.45. The van der Waals surface area contributed by atoms with Crippen molar-refractivity contribution in [1.82, 2.24) is 15.2 Å². The third kappa shape index (κ3) is 5.79. The van der Waals surface area contributed by atoms with Gasteiger partial charge in [-0.3, -0.25) is 9.59 Å². The fourth-order valence-corrected chi connectivity index (χ4v) is 3.54. The first-order chi connectivity index (χ1) is 15.0. The maximum atomic E-state index is 13.4. The third-order valence-corrected chi connectivity index (χ3v) is 5.33. The molecule has 3 rings (SSSR count). The van der Waals surface area contributed by atoms with Crippen molar-refractivity contribution < 1.29 is 14.0 Å². The lowest BCUT2D eigenvalue weighted by molar-refractivity contribution is 0.0762. The first kappa shape index (κ1) is 22.7. The number of aromatic nitrogens is 1. The molecule has 2 aromatic rings. The molecule has 8 heteroatoms. The number of anilines is 2. The van der Waals surface area contributed by atoms with Gasteiger partial charge in [0.25, 0.3) is 11.8 Å². The Morgan fingerprint density at radius 3 is 2.55 bits per heavy atom. The van der Waals surface area contributed by atoms with Crippen LogP contribution in [0.25, 0.3) is 0 Å². The van der Waals surface area contributed by atoms with Gasteiger partial charge in [-0.05, 0) is 43.7 Å². The van der Waals surface area contributed by atoms with Crippen molar-refractivity contribution in [3.8, 4) is 0 Å². The van der Waals surface area contributed by atoms with Crippen molar-refractivity contribution in [2.75, 3.05) is 49.5 Å². The number of hydrogen-bond donors (Lipinski definition) is 2. The lowest BCUT2D eigenvalue weighted by Gasteiger charge is -2.31. The summed E-state index contributed by atoms with van der Waals surface area (Å²) in [5.41, 5.74) is 1.25. The molecule has 2 heterocycles. The highest BCUT2D eigenvalue weighted by molar-refractivity contribution is 6.05. The fraction of sp³-hybridized carbons (Fsp3) is 0.435. The molecule has 2 N–H and O–H groups in total. The van der Waals surface area contributed by atoms with Crippen LogP contribution in [0.3, 0.4) is 0 Å². The van der Waals surface area contributed by atoms with Gasteiger partial charge in [0.1, 0.15) is 11.6 Å². The maximum absolute atomic E-state index is 13.4. The van der Waals surface area contributed by atoms with Gasteiger partial charge < -0.3 is 20.4 Å². The van der Waals surface area contributed by atoms with E-state index in [-0.39, 0.29) is 11.8 Å². The number of pyridine rings is 1. The zero-order chi connectivity index (χ0) is 22.2. The molecule has 1 fully saturated rings. The number of piperazine rings is 1. The van der Waals surface area contributed by atoms with Crippen molar-refractivity contribution in [2.24, 2.45) is 0 Å². The Bertz CT molecular complexity index is 897. The van der Waals surface area contributed by atoms with Crippen molar-refractivity contribution in [3.05, 3.63) is 53.5 Å². The van der Waals surface area contributed by atoms with Crippen LogP contribution >= 0.6 is 0 Å². The molecule has 31 heavy (non-hydrogen) atoms. The van der Waals surface area contributed by atoms with E-state index < -0.39 is 5.82 Å². The van der Waals surface area contributed by atoms with Crippen LogP contribution in [0.1, 0.15) is 47.4 Å². The molecule has 166 valence electrons. The Morgan fingerprint density at radius 1 is 1.19 bits per heavy atom. The Balaban J connectivity index is 1.89. The molecule has 0 spiro atoms. The summed E-state index contributed by atoms with van der Waals surface area (Å²) in [6.45, 7) is 8.51. The Kier molecular flexibility index (Phi) is 7.94. The third-order valence-electron chi connectivity index (χ3n) is 5.33. The molecule has 1 aromatic carbocycles. The number of rotatable bonds is 8. The van der Waals surface area contributed by atoms with Gasteiger partial charge in [-0.25, -0.2) is 9.37 Å². The summed E-state index contributed by atoms with van der Waals surface area (Å²) in [5.74, 6) is -0.234. The van der Waals surface area contributed by atoms with Crippen LogP contribution in [0.2, 0.25) is 0 Å². The molecule has 1 aliphatic rings. The van der Waals surface area contributed by atoms with E-state index in [0.29, 0.717) is 35.7 Å². The summed E-state index contributed by atoms with van der Waals surface area (Å²) in [7, 11) is 0. The Hall–Kier alpha value is -3.00. The minimum Gasteiger partial charge on any atom is -0.353 e. The second-order valence-corrected chi connectivity index (χ2v) is 7.53. The summed E-state index contributed by atoms with van der Waals surface area (Å²) in [4.78, 5) is 34.4. The summed E-state index contributed by atoms with van der Waals surface area (Å²) >= 11 is 0. The topological polar surface area (TPSA) is 77.6 Å². The second-order valence-electron chi connectivity index (χ2n) is 7.53. The molecule has 7 nitrogen and oxygen atoms in total. The normalized spacial score (nSPS) is 13.7. The van der Waals surface area contributed by atoms with E-state index in [1.54, 1.807) is 12.3 Å². The minimum absolute atomic E-state index is 0.0881. The average molecular weight is 428 g/mol. The van der Waals surface area contributed by atoms with E-state index in [1.807, 2.05) is 11.8 Å². The molecule has 1 aliphatic heterocycles. The number of carbonyl (C=O) groups excluding carboxylic acids is 2. The van der Waals surface area contributed by atoms with Crippen LogP contribution in [0.15, 0.2) is 36.5 Å². The fourth-order valence-electron chi connectivity index (χ4n) is 3.54. The molecular formula is C23H30FN5O2. The molecule has 2 amide bonds. The molecule has 0 unspecified atom stereocenters. The second kappa shape index (κ2) is 10.9. The van der Waals surface area contributed by atoms with E-state index in [2.05, 4.69) is 27.4 Å². The minimum atomic E-state index is -0.404. The van der Waals surface area contributed by atoms with Gasteiger partial charge in [-0.15, -0.1) is 0 Å². The number of carbonyl (C=O) groups is 2. The van der Waals surface area contributed by atoms with Crippen LogP contribution in [0, 0.1) is 5.82 Å². The number of nitrogens with zero attached hydrogens (tertiary/aromatic N) is 3. The molecule has 0 aliphatic carbocycles. The molecule has 1 aromatic heterocycles. The predicted molar refractivity (Wildman–Crippen MR) is 120 cm³/mol. The standard InChI is InChI=1S/C23H30FN5O2/c1-3-5-12-28(4-2)23(31)20-15-19(16-26-21(20)29-13-10-25-11-14-29)27-22(30)17-6-8-18(24)9-7-17/h6-9,15-16,25H,3-5,10-14H2,1-2H3,(H,27,30). The summed E-state index contributed by atoms with van der Waals surface area (Å²) in [6, 6.07) is 7.01. The van der Waals surface area contributed by atoms with Gasteiger partial charge in [0.15, 0.2) is 0 Å². The number of amides is 2. The highest BCUT2D eigenvalue weighted by atomic mass is 19.1. The lowest BCUT2D eigenvalue weighted by atomic mass is 10.1. The first-order valence-corrected chi connectivity index (χ1v) is 10.8. The van der Waals surface area contributed by atoms with Crippen LogP contribution < -0.4 is 15.5 Å². The molecular weight excluding hydrogens is 397 g/mol. The van der Waals surface area contributed by atoms with Crippen LogP contribution in [-0.2, 0) is 0 Å². The number of hydrogen-bond acceptors (Lipinski definition) is 5.